The Bertz CT molecular complexity index is 3150. The van der Waals surface area contributed by atoms with Crippen molar-refractivity contribution in [1.82, 2.24) is 31.9 Å². The van der Waals surface area contributed by atoms with Gasteiger partial charge in [-0.3, -0.25) is 9.59 Å². The summed E-state index contributed by atoms with van der Waals surface area (Å²) in [6.07, 6.45) is 5.25. The average molecular weight is 1410 g/mol. The molecule has 0 aromatic heterocycles. The molecular formula is C72H110N6O22. The first kappa shape index (κ1) is 87.0. The number of unbranched alkanes of at least 4 members (excludes halogenated alkanes) is 3. The van der Waals surface area contributed by atoms with E-state index in [-0.39, 0.29) is 61.1 Å². The van der Waals surface area contributed by atoms with Gasteiger partial charge in [0.15, 0.2) is 34.6 Å². The van der Waals surface area contributed by atoms with Gasteiger partial charge in [-0.15, -0.1) is 0 Å². The van der Waals surface area contributed by atoms with Gasteiger partial charge in [0.05, 0.1) is 20.1 Å². The molecule has 0 radical (unpaired) electrons. The maximum Gasteiger partial charge on any atom is 0.408 e. The summed E-state index contributed by atoms with van der Waals surface area (Å²) in [4.78, 5) is 138. The topological polar surface area (TPSA) is 372 Å². The maximum atomic E-state index is 13.8. The molecule has 1 aliphatic rings. The highest BCUT2D eigenvalue weighted by Crippen LogP contribution is 2.34. The number of amides is 6. The Morgan fingerprint density at radius 3 is 1.14 bits per heavy atom. The zero-order chi connectivity index (χ0) is 76.0. The highest BCUT2D eigenvalue weighted by molar-refractivity contribution is 6.16. The number of methoxy groups -OCH3 is 2. The number of hydrogen-bond acceptors (Lipinski definition) is 21. The highest BCUT2D eigenvalue weighted by atomic mass is 16.6. The number of allylic oxidation sites excluding steroid dienone is 2. The molecule has 560 valence electrons. The van der Waals surface area contributed by atoms with Crippen molar-refractivity contribution in [2.45, 2.75) is 253 Å². The summed E-state index contributed by atoms with van der Waals surface area (Å²) in [5.74, 6) is -3.91. The number of rotatable bonds is 29. The molecule has 7 N–H and O–H groups in total. The van der Waals surface area contributed by atoms with E-state index in [0.717, 1.165) is 0 Å². The molecular weight excluding hydrogens is 1300 g/mol. The molecule has 4 atom stereocenters. The van der Waals surface area contributed by atoms with E-state index in [4.69, 9.17) is 52.5 Å². The number of ketones is 2. The molecule has 4 unspecified atom stereocenters. The third-order valence-electron chi connectivity index (χ3n) is 13.2. The predicted octanol–water partition coefficient (Wildman–Crippen LogP) is 12.4. The van der Waals surface area contributed by atoms with E-state index in [1.165, 1.54) is 38.5 Å². The third kappa shape index (κ3) is 38.3. The largest absolute Gasteiger partial charge is 0.493 e. The zero-order valence-corrected chi connectivity index (χ0v) is 62.1. The van der Waals surface area contributed by atoms with Gasteiger partial charge in [0.2, 0.25) is 0 Å². The first-order valence-electron chi connectivity index (χ1n) is 33.5. The van der Waals surface area contributed by atoms with Gasteiger partial charge in [0.1, 0.15) is 51.7 Å². The molecule has 28 nitrogen and oxygen atoms in total. The number of carbonyl (C=O) groups is 11. The van der Waals surface area contributed by atoms with Crippen molar-refractivity contribution in [2.75, 3.05) is 33.9 Å². The molecule has 0 aliphatic heterocycles. The predicted molar refractivity (Wildman–Crippen MR) is 373 cm³/mol. The molecule has 6 amide bonds. The summed E-state index contributed by atoms with van der Waals surface area (Å²) in [6, 6.07) is 6.12. The minimum Gasteiger partial charge on any atom is -0.493 e. The standard InChI is InChI=1S/C56H80N4O16.C16H30N2O6/c1-53(2,3)73-49(65)57-30-17-15-22-39(59-51(67)75-55(7,8)9)47(63)71-42-28-25-35(33-44(42)69-13)24-27-41(61)38-21-19-20-37(46(38)62)32-36-26-29-43(45(34-36)70-14)72-48(64)40(60-52(68)76-56(10,11)12)23-16-18-31-58-50(66)74-54(4,5)6;1-15(2,3)23-13(21)17-10-8-7-9-11(12(19)20)18-14(22)24-16(4,5)6/h24-29,32-34,38-40H,15-23,30-31H2,1-14H3,(H,57,65)(H,58,66)(H,59,67)(H,60,68);11H,7-10H2,1-6H3,(H,17,21)(H,18,22)(H,19,20). The van der Waals surface area contributed by atoms with Crippen LogP contribution in [-0.2, 0) is 52.4 Å². The number of esters is 2. The Hall–Kier alpha value is -9.11. The Morgan fingerprint density at radius 1 is 0.460 bits per heavy atom. The second-order valence-corrected chi connectivity index (χ2v) is 29.6. The number of hydrogen-bond donors (Lipinski definition) is 7. The molecule has 0 saturated heterocycles. The number of alkyl carbamates (subject to hydrolysis) is 6. The molecule has 0 bridgehead atoms. The van der Waals surface area contributed by atoms with Gasteiger partial charge in [-0.2, -0.15) is 0 Å². The number of carbonyl (C=O) groups excluding carboxylic acids is 10. The van der Waals surface area contributed by atoms with Crippen LogP contribution in [0.5, 0.6) is 23.0 Å². The number of benzene rings is 2. The van der Waals surface area contributed by atoms with Crippen molar-refractivity contribution in [1.29, 1.82) is 0 Å². The Kier molecular flexibility index (Phi) is 35.0. The molecule has 28 heteroatoms. The lowest BCUT2D eigenvalue weighted by atomic mass is 9.81. The fourth-order valence-corrected chi connectivity index (χ4v) is 9.01. The van der Waals surface area contributed by atoms with Crippen LogP contribution in [0.2, 0.25) is 0 Å². The van der Waals surface area contributed by atoms with E-state index in [1.807, 2.05) is 0 Å². The molecule has 1 aliphatic carbocycles. The van der Waals surface area contributed by atoms with E-state index in [2.05, 4.69) is 31.9 Å². The van der Waals surface area contributed by atoms with E-state index in [0.29, 0.717) is 81.0 Å². The smallest absolute Gasteiger partial charge is 0.408 e. The van der Waals surface area contributed by atoms with Crippen LogP contribution in [-0.4, -0.2) is 157 Å². The van der Waals surface area contributed by atoms with Crippen molar-refractivity contribution in [2.24, 2.45) is 5.92 Å². The normalized spacial score (nSPS) is 14.8. The molecule has 1 saturated carbocycles. The van der Waals surface area contributed by atoms with Crippen LogP contribution in [0.4, 0.5) is 28.8 Å². The number of aliphatic carboxylic acids is 1. The molecule has 3 rings (SSSR count). The molecule has 0 spiro atoms. The van der Waals surface area contributed by atoms with Gasteiger partial charge in [-0.05, 0) is 255 Å². The van der Waals surface area contributed by atoms with Crippen LogP contribution < -0.4 is 50.8 Å². The van der Waals surface area contributed by atoms with Crippen LogP contribution in [0.25, 0.3) is 12.2 Å². The zero-order valence-electron chi connectivity index (χ0n) is 62.1. The van der Waals surface area contributed by atoms with Crippen LogP contribution in [0, 0.1) is 5.92 Å². The Balaban J connectivity index is 0.00000120. The van der Waals surface area contributed by atoms with E-state index < -0.39 is 118 Å². The lowest BCUT2D eigenvalue weighted by Gasteiger charge is -2.23. The van der Waals surface area contributed by atoms with Gasteiger partial charge in [-0.1, -0.05) is 18.2 Å². The minimum absolute atomic E-state index is 0.0520. The quantitative estimate of drug-likeness (QED) is 0.00993. The van der Waals surface area contributed by atoms with Gasteiger partial charge in [0, 0.05) is 19.6 Å². The van der Waals surface area contributed by atoms with E-state index >= 15 is 0 Å². The van der Waals surface area contributed by atoms with Gasteiger partial charge in [-0.25, -0.2) is 43.2 Å². The SMILES string of the molecule is CC(C)(C)OC(=O)NCCCCC(NC(=O)OC(C)(C)C)C(=O)O.COc1cc(C=CC(=O)C2CCCC(=Cc3ccc(OC(=O)C(CCCCNC(=O)OC(C)(C)C)NC(=O)OC(C)(C)C)c(OC)c3)C2=O)ccc1OC(=O)C(CCCCNC(=O)OC(C)(C)C)NC(=O)OC(C)(C)C. The lowest BCUT2D eigenvalue weighted by molar-refractivity contribution is -0.140. The summed E-state index contributed by atoms with van der Waals surface area (Å²) in [5.41, 5.74) is -2.73. The van der Waals surface area contributed by atoms with Gasteiger partial charge >= 0.3 is 54.5 Å². The number of Topliss-reactive ketones (excluding diaryl/α,β-unsaturated/α-hetero) is 1. The Morgan fingerprint density at radius 2 is 0.790 bits per heavy atom. The first-order valence-corrected chi connectivity index (χ1v) is 33.5. The number of nitrogens with one attached hydrogen (secondary N) is 6. The van der Waals surface area contributed by atoms with Crippen LogP contribution in [0.3, 0.4) is 0 Å². The molecule has 0 heterocycles. The van der Waals surface area contributed by atoms with Crippen molar-refractivity contribution >= 4 is 78.2 Å². The summed E-state index contributed by atoms with van der Waals surface area (Å²) in [5, 5.41) is 24.6. The molecule has 2 aromatic rings. The highest BCUT2D eigenvalue weighted by Gasteiger charge is 2.33. The first-order chi connectivity index (χ1) is 46.1. The minimum atomic E-state index is -1.12. The fourth-order valence-electron chi connectivity index (χ4n) is 9.01. The summed E-state index contributed by atoms with van der Waals surface area (Å²) in [7, 11) is 2.77. The number of ether oxygens (including phenoxy) is 10. The number of carboxylic acid groups (broad SMARTS) is 1. The van der Waals surface area contributed by atoms with Crippen LogP contribution in [0.15, 0.2) is 48.0 Å². The van der Waals surface area contributed by atoms with Crippen molar-refractivity contribution in [3.05, 3.63) is 59.2 Å². The Labute approximate surface area is 588 Å². The van der Waals surface area contributed by atoms with Crippen LogP contribution in [0.1, 0.15) is 213 Å². The fraction of sp³-hybridized carbons (Fsp3) is 0.625. The van der Waals surface area contributed by atoms with E-state index in [1.54, 1.807) is 155 Å². The second-order valence-electron chi connectivity index (χ2n) is 29.6. The third-order valence-corrected chi connectivity index (χ3v) is 13.2. The molecule has 2 aromatic carbocycles. The van der Waals surface area contributed by atoms with Crippen molar-refractivity contribution < 1.29 is 105 Å². The van der Waals surface area contributed by atoms with Crippen molar-refractivity contribution in [3.8, 4) is 23.0 Å². The number of carboxylic acids is 1. The summed E-state index contributed by atoms with van der Waals surface area (Å²) >= 11 is 0. The van der Waals surface area contributed by atoms with Gasteiger partial charge < -0.3 is 84.4 Å². The maximum absolute atomic E-state index is 13.8. The summed E-state index contributed by atoms with van der Waals surface area (Å²) < 4.78 is 54.0. The summed E-state index contributed by atoms with van der Waals surface area (Å²) in [6.45, 7) is 32.0. The van der Waals surface area contributed by atoms with Crippen molar-refractivity contribution in [3.63, 3.8) is 0 Å². The van der Waals surface area contributed by atoms with Gasteiger partial charge in [0.25, 0.3) is 0 Å². The van der Waals surface area contributed by atoms with Crippen LogP contribution >= 0.6 is 0 Å². The second kappa shape index (κ2) is 40.2. The molecule has 1 fully saturated rings. The average Bonchev–Trinajstić information content (AvgIpc) is 0.829. The molecule has 100 heavy (non-hydrogen) atoms. The monoisotopic (exact) mass is 1410 g/mol. The van der Waals surface area contributed by atoms with E-state index in [9.17, 15) is 52.7 Å². The lowest BCUT2D eigenvalue weighted by Crippen LogP contribution is -2.45.